The Morgan fingerprint density at radius 3 is 2.42 bits per heavy atom. The number of aromatic amines is 1. The fourth-order valence-electron chi connectivity index (χ4n) is 2.86. The molecule has 0 spiro atoms. The fraction of sp³-hybridized carbons (Fsp3) is 0.500. The molecule has 2 saturated carbocycles. The van der Waals surface area contributed by atoms with E-state index in [2.05, 4.69) is 22.0 Å². The standard InChI is InChI=1S/C16H19ClN2/c17-14-7-13-5-6-18-16(13)15(8-14)19(9-11-1-2-11)10-12-3-4-12/h5-8,11-12,18H,1-4,9-10H2. The number of benzene rings is 1. The van der Waals surface area contributed by atoms with Crippen molar-refractivity contribution in [2.75, 3.05) is 18.0 Å². The van der Waals surface area contributed by atoms with Gasteiger partial charge >= 0.3 is 0 Å². The average molecular weight is 275 g/mol. The summed E-state index contributed by atoms with van der Waals surface area (Å²) in [5.74, 6) is 1.81. The lowest BCUT2D eigenvalue weighted by atomic mass is 10.2. The maximum Gasteiger partial charge on any atom is 0.0692 e. The van der Waals surface area contributed by atoms with E-state index in [0.717, 1.165) is 16.9 Å². The number of H-pyrrole nitrogens is 1. The van der Waals surface area contributed by atoms with Crippen molar-refractivity contribution in [2.24, 2.45) is 11.8 Å². The van der Waals surface area contributed by atoms with Crippen LogP contribution in [0.2, 0.25) is 5.02 Å². The van der Waals surface area contributed by atoms with Gasteiger partial charge in [-0.05, 0) is 55.7 Å². The topological polar surface area (TPSA) is 19.0 Å². The Bertz CT molecular complexity index is 582. The number of aromatic nitrogens is 1. The van der Waals surface area contributed by atoms with Crippen molar-refractivity contribution >= 4 is 28.2 Å². The lowest BCUT2D eigenvalue weighted by Gasteiger charge is -2.26. The molecule has 1 aromatic heterocycles. The van der Waals surface area contributed by atoms with E-state index in [1.807, 2.05) is 12.3 Å². The van der Waals surface area contributed by atoms with Gasteiger partial charge in [-0.15, -0.1) is 0 Å². The maximum atomic E-state index is 6.29. The summed E-state index contributed by atoms with van der Waals surface area (Å²) in [4.78, 5) is 5.95. The Kier molecular flexibility index (Phi) is 2.73. The predicted octanol–water partition coefficient (Wildman–Crippen LogP) is 4.45. The number of anilines is 1. The summed E-state index contributed by atoms with van der Waals surface area (Å²) in [6, 6.07) is 6.28. The van der Waals surface area contributed by atoms with Gasteiger partial charge in [0.15, 0.2) is 0 Å². The number of nitrogens with zero attached hydrogens (tertiary/aromatic N) is 1. The quantitative estimate of drug-likeness (QED) is 0.854. The van der Waals surface area contributed by atoms with Gasteiger partial charge in [0, 0.05) is 29.7 Å². The molecule has 0 amide bonds. The Balaban J connectivity index is 1.72. The third kappa shape index (κ3) is 2.46. The minimum absolute atomic E-state index is 0.846. The monoisotopic (exact) mass is 274 g/mol. The van der Waals surface area contributed by atoms with Gasteiger partial charge in [0.05, 0.1) is 11.2 Å². The van der Waals surface area contributed by atoms with Crippen LogP contribution in [0.4, 0.5) is 5.69 Å². The predicted molar refractivity (Wildman–Crippen MR) is 81.0 cm³/mol. The van der Waals surface area contributed by atoms with Crippen LogP contribution in [-0.4, -0.2) is 18.1 Å². The van der Waals surface area contributed by atoms with E-state index in [4.69, 9.17) is 11.6 Å². The molecular formula is C16H19ClN2. The van der Waals surface area contributed by atoms with Crippen LogP contribution >= 0.6 is 11.6 Å². The van der Waals surface area contributed by atoms with Gasteiger partial charge in [-0.3, -0.25) is 0 Å². The lowest BCUT2D eigenvalue weighted by molar-refractivity contribution is 0.681. The highest BCUT2D eigenvalue weighted by molar-refractivity contribution is 6.31. The van der Waals surface area contributed by atoms with Crippen LogP contribution < -0.4 is 4.90 Å². The minimum Gasteiger partial charge on any atom is -0.369 e. The molecule has 2 aromatic rings. The van der Waals surface area contributed by atoms with Gasteiger partial charge in [-0.25, -0.2) is 0 Å². The Hall–Kier alpha value is -1.15. The van der Waals surface area contributed by atoms with Crippen molar-refractivity contribution in [3.8, 4) is 0 Å². The molecular weight excluding hydrogens is 256 g/mol. The molecule has 1 N–H and O–H groups in total. The number of hydrogen-bond acceptors (Lipinski definition) is 1. The van der Waals surface area contributed by atoms with Crippen molar-refractivity contribution in [1.29, 1.82) is 0 Å². The third-order valence-corrected chi connectivity index (χ3v) is 4.51. The zero-order valence-electron chi connectivity index (χ0n) is 11.0. The molecule has 0 bridgehead atoms. The van der Waals surface area contributed by atoms with E-state index < -0.39 is 0 Å². The van der Waals surface area contributed by atoms with Gasteiger partial charge in [-0.1, -0.05) is 11.6 Å². The highest BCUT2D eigenvalue weighted by Crippen LogP contribution is 2.38. The summed E-state index contributed by atoms with van der Waals surface area (Å²) in [5, 5.41) is 2.07. The number of hydrogen-bond donors (Lipinski definition) is 1. The van der Waals surface area contributed by atoms with Crippen LogP contribution in [0.5, 0.6) is 0 Å². The lowest BCUT2D eigenvalue weighted by Crippen LogP contribution is -2.28. The number of nitrogens with one attached hydrogen (secondary N) is 1. The first-order valence-electron chi connectivity index (χ1n) is 7.31. The average Bonchev–Trinajstić information content (AvgIpc) is 3.30. The molecule has 2 aliphatic carbocycles. The minimum atomic E-state index is 0.846. The van der Waals surface area contributed by atoms with Gasteiger partial charge < -0.3 is 9.88 Å². The van der Waals surface area contributed by atoms with Crippen LogP contribution in [0.25, 0.3) is 10.9 Å². The summed E-state index contributed by atoms with van der Waals surface area (Å²) in [6.07, 6.45) is 7.60. The second kappa shape index (κ2) is 4.45. The zero-order chi connectivity index (χ0) is 12.8. The molecule has 100 valence electrons. The Labute approximate surface area is 118 Å². The number of halogens is 1. The van der Waals surface area contributed by atoms with E-state index in [1.165, 1.54) is 55.4 Å². The van der Waals surface area contributed by atoms with Crippen LogP contribution in [0.3, 0.4) is 0 Å². The van der Waals surface area contributed by atoms with Gasteiger partial charge in [0.1, 0.15) is 0 Å². The van der Waals surface area contributed by atoms with Crippen LogP contribution in [0, 0.1) is 11.8 Å². The second-order valence-electron chi connectivity index (χ2n) is 6.16. The van der Waals surface area contributed by atoms with Crippen LogP contribution in [0.1, 0.15) is 25.7 Å². The van der Waals surface area contributed by atoms with Crippen molar-refractivity contribution < 1.29 is 0 Å². The molecule has 0 saturated heterocycles. The first kappa shape index (κ1) is 11.7. The number of rotatable bonds is 5. The van der Waals surface area contributed by atoms with Gasteiger partial charge in [0.2, 0.25) is 0 Å². The zero-order valence-corrected chi connectivity index (χ0v) is 11.8. The summed E-state index contributed by atoms with van der Waals surface area (Å²) in [6.45, 7) is 2.40. The van der Waals surface area contributed by atoms with E-state index in [0.29, 0.717) is 0 Å². The van der Waals surface area contributed by atoms with E-state index in [9.17, 15) is 0 Å². The molecule has 1 aromatic carbocycles. The SMILES string of the molecule is Clc1cc(N(CC2CC2)CC2CC2)c2[nH]ccc2c1. The molecule has 2 fully saturated rings. The Morgan fingerprint density at radius 1 is 1.11 bits per heavy atom. The van der Waals surface area contributed by atoms with Gasteiger partial charge in [0.25, 0.3) is 0 Å². The number of fused-ring (bicyclic) bond motifs is 1. The van der Waals surface area contributed by atoms with E-state index in [-0.39, 0.29) is 0 Å². The van der Waals surface area contributed by atoms with Crippen molar-refractivity contribution in [3.63, 3.8) is 0 Å². The first-order valence-corrected chi connectivity index (χ1v) is 7.69. The molecule has 0 atom stereocenters. The smallest absolute Gasteiger partial charge is 0.0692 e. The molecule has 4 rings (SSSR count). The second-order valence-corrected chi connectivity index (χ2v) is 6.59. The molecule has 2 aliphatic rings. The molecule has 0 aliphatic heterocycles. The van der Waals surface area contributed by atoms with Crippen molar-refractivity contribution in [2.45, 2.75) is 25.7 Å². The van der Waals surface area contributed by atoms with Crippen LogP contribution in [-0.2, 0) is 0 Å². The highest BCUT2D eigenvalue weighted by Gasteiger charge is 2.30. The third-order valence-electron chi connectivity index (χ3n) is 4.30. The summed E-state index contributed by atoms with van der Waals surface area (Å²) in [7, 11) is 0. The molecule has 19 heavy (non-hydrogen) atoms. The molecule has 1 heterocycles. The van der Waals surface area contributed by atoms with Crippen LogP contribution in [0.15, 0.2) is 24.4 Å². The summed E-state index contributed by atoms with van der Waals surface area (Å²) < 4.78 is 0. The molecule has 0 radical (unpaired) electrons. The fourth-order valence-corrected chi connectivity index (χ4v) is 3.08. The molecule has 2 nitrogen and oxygen atoms in total. The molecule has 3 heteroatoms. The highest BCUT2D eigenvalue weighted by atomic mass is 35.5. The largest absolute Gasteiger partial charge is 0.369 e. The normalized spacial score (nSPS) is 19.0. The maximum absolute atomic E-state index is 6.29. The van der Waals surface area contributed by atoms with Gasteiger partial charge in [-0.2, -0.15) is 0 Å². The van der Waals surface area contributed by atoms with Crippen molar-refractivity contribution in [3.05, 3.63) is 29.4 Å². The van der Waals surface area contributed by atoms with E-state index in [1.54, 1.807) is 0 Å². The Morgan fingerprint density at radius 2 is 1.79 bits per heavy atom. The van der Waals surface area contributed by atoms with Crippen molar-refractivity contribution in [1.82, 2.24) is 4.98 Å². The van der Waals surface area contributed by atoms with E-state index >= 15 is 0 Å². The molecule has 0 unspecified atom stereocenters. The first-order chi connectivity index (χ1) is 9.29. The summed E-state index contributed by atoms with van der Waals surface area (Å²) >= 11 is 6.29. The summed E-state index contributed by atoms with van der Waals surface area (Å²) in [5.41, 5.74) is 2.54.